The first-order chi connectivity index (χ1) is 7.80. The number of rotatable bonds is 2. The van der Waals surface area contributed by atoms with Gasteiger partial charge in [-0.25, -0.2) is 0 Å². The zero-order valence-electron chi connectivity index (χ0n) is 9.82. The van der Waals surface area contributed by atoms with Crippen molar-refractivity contribution in [2.24, 2.45) is 0 Å². The molecule has 0 spiro atoms. The Balaban J connectivity index is 2.20. The maximum absolute atomic E-state index is 9.49. The third-order valence-electron chi connectivity index (χ3n) is 3.70. The summed E-state index contributed by atoms with van der Waals surface area (Å²) in [5, 5.41) is 9.49. The van der Waals surface area contributed by atoms with E-state index >= 15 is 0 Å². The molecule has 1 aromatic carbocycles. The first-order valence-corrected chi connectivity index (χ1v) is 6.00. The quantitative estimate of drug-likeness (QED) is 0.756. The highest BCUT2D eigenvalue weighted by atomic mass is 15.1. The molecule has 84 valence electrons. The van der Waals surface area contributed by atoms with E-state index in [0.717, 1.165) is 32.5 Å². The molecule has 0 amide bonds. The minimum Gasteiger partial charge on any atom is -0.303 e. The highest BCUT2D eigenvalue weighted by Crippen LogP contribution is 2.34. The van der Waals surface area contributed by atoms with Gasteiger partial charge in [0, 0.05) is 0 Å². The van der Waals surface area contributed by atoms with Crippen LogP contribution in [0.15, 0.2) is 30.3 Å². The molecule has 16 heavy (non-hydrogen) atoms. The van der Waals surface area contributed by atoms with Crippen LogP contribution < -0.4 is 0 Å². The van der Waals surface area contributed by atoms with Crippen molar-refractivity contribution in [1.82, 2.24) is 4.90 Å². The Morgan fingerprint density at radius 2 is 1.88 bits per heavy atom. The molecule has 1 aromatic rings. The highest BCUT2D eigenvalue weighted by Gasteiger charge is 2.35. The van der Waals surface area contributed by atoms with Crippen molar-refractivity contribution in [3.8, 4) is 6.07 Å². The summed E-state index contributed by atoms with van der Waals surface area (Å²) in [4.78, 5) is 2.42. The number of hydrogen-bond donors (Lipinski definition) is 0. The van der Waals surface area contributed by atoms with Gasteiger partial charge in [-0.05, 0) is 38.0 Å². The molecule has 0 radical (unpaired) electrons. The van der Waals surface area contributed by atoms with Crippen LogP contribution in [0.2, 0.25) is 0 Å². The molecule has 1 fully saturated rings. The van der Waals surface area contributed by atoms with E-state index in [1.165, 1.54) is 5.56 Å². The summed E-state index contributed by atoms with van der Waals surface area (Å²) in [6.45, 7) is 5.36. The maximum atomic E-state index is 9.49. The normalized spacial score (nSPS) is 20.2. The van der Waals surface area contributed by atoms with Crippen molar-refractivity contribution >= 4 is 0 Å². The number of nitriles is 1. The predicted molar refractivity (Wildman–Crippen MR) is 65.1 cm³/mol. The van der Waals surface area contributed by atoms with Gasteiger partial charge in [0.2, 0.25) is 0 Å². The van der Waals surface area contributed by atoms with Gasteiger partial charge in [-0.1, -0.05) is 37.3 Å². The van der Waals surface area contributed by atoms with Crippen molar-refractivity contribution in [2.75, 3.05) is 19.6 Å². The molecule has 0 bridgehead atoms. The predicted octanol–water partition coefficient (Wildman–Crippen LogP) is 2.56. The van der Waals surface area contributed by atoms with Gasteiger partial charge in [0.05, 0.1) is 11.5 Å². The van der Waals surface area contributed by atoms with Gasteiger partial charge < -0.3 is 4.90 Å². The molecule has 0 saturated carbocycles. The molecular weight excluding hydrogens is 196 g/mol. The zero-order chi connectivity index (χ0) is 11.4. The number of benzene rings is 1. The molecule has 2 heteroatoms. The van der Waals surface area contributed by atoms with E-state index in [2.05, 4.69) is 30.0 Å². The first kappa shape index (κ1) is 11.2. The lowest BCUT2D eigenvalue weighted by Gasteiger charge is -2.37. The van der Waals surface area contributed by atoms with Crippen LogP contribution in [0.3, 0.4) is 0 Å². The van der Waals surface area contributed by atoms with E-state index < -0.39 is 0 Å². The van der Waals surface area contributed by atoms with Gasteiger partial charge in [-0.2, -0.15) is 5.26 Å². The fourth-order valence-corrected chi connectivity index (χ4v) is 2.47. The van der Waals surface area contributed by atoms with E-state index in [9.17, 15) is 5.26 Å². The van der Waals surface area contributed by atoms with Gasteiger partial charge in [-0.3, -0.25) is 0 Å². The molecular formula is C14H18N2. The minimum atomic E-state index is -0.243. The Hall–Kier alpha value is -1.33. The zero-order valence-corrected chi connectivity index (χ0v) is 9.82. The lowest BCUT2D eigenvalue weighted by Crippen LogP contribution is -2.41. The average Bonchev–Trinajstić information content (AvgIpc) is 2.40. The van der Waals surface area contributed by atoms with Crippen LogP contribution in [0.4, 0.5) is 0 Å². The van der Waals surface area contributed by atoms with Crippen LogP contribution in [-0.2, 0) is 5.41 Å². The average molecular weight is 214 g/mol. The number of piperidine rings is 1. The second kappa shape index (κ2) is 4.67. The molecule has 2 nitrogen and oxygen atoms in total. The third-order valence-corrected chi connectivity index (χ3v) is 3.70. The third kappa shape index (κ3) is 1.96. The number of hydrogen-bond acceptors (Lipinski definition) is 2. The fourth-order valence-electron chi connectivity index (χ4n) is 2.47. The van der Waals surface area contributed by atoms with E-state index in [-0.39, 0.29) is 5.41 Å². The molecule has 0 N–H and O–H groups in total. The minimum absolute atomic E-state index is 0.243. The molecule has 1 aliphatic rings. The van der Waals surface area contributed by atoms with Crippen LogP contribution in [-0.4, -0.2) is 24.5 Å². The van der Waals surface area contributed by atoms with Gasteiger partial charge in [0.1, 0.15) is 0 Å². The molecule has 1 aliphatic heterocycles. The summed E-state index contributed by atoms with van der Waals surface area (Å²) in [6.07, 6.45) is 1.92. The summed E-state index contributed by atoms with van der Waals surface area (Å²) in [6, 6.07) is 12.8. The number of nitrogens with zero attached hydrogens (tertiary/aromatic N) is 2. The summed E-state index contributed by atoms with van der Waals surface area (Å²) >= 11 is 0. The lowest BCUT2D eigenvalue weighted by molar-refractivity contribution is 0.194. The van der Waals surface area contributed by atoms with Crippen molar-refractivity contribution in [3.63, 3.8) is 0 Å². The Morgan fingerprint density at radius 1 is 1.25 bits per heavy atom. The van der Waals surface area contributed by atoms with Crippen LogP contribution in [0.1, 0.15) is 25.3 Å². The molecule has 1 heterocycles. The molecule has 0 unspecified atom stereocenters. The van der Waals surface area contributed by atoms with Crippen molar-refractivity contribution in [3.05, 3.63) is 35.9 Å². The molecule has 2 rings (SSSR count). The summed E-state index contributed by atoms with van der Waals surface area (Å²) in [5.41, 5.74) is 0.945. The molecule has 1 saturated heterocycles. The van der Waals surface area contributed by atoms with Gasteiger partial charge in [0.25, 0.3) is 0 Å². The fraction of sp³-hybridized carbons (Fsp3) is 0.500. The van der Waals surface area contributed by atoms with Crippen LogP contribution in [0.5, 0.6) is 0 Å². The van der Waals surface area contributed by atoms with Crippen molar-refractivity contribution in [1.29, 1.82) is 5.26 Å². The van der Waals surface area contributed by atoms with Gasteiger partial charge >= 0.3 is 0 Å². The smallest absolute Gasteiger partial charge is 0.0846 e. The SMILES string of the molecule is CCN1CCC(C#N)(c2ccccc2)CC1. The van der Waals surface area contributed by atoms with Crippen molar-refractivity contribution < 1.29 is 0 Å². The van der Waals surface area contributed by atoms with Crippen LogP contribution in [0, 0.1) is 11.3 Å². The van der Waals surface area contributed by atoms with Gasteiger partial charge in [0.15, 0.2) is 0 Å². The summed E-state index contributed by atoms with van der Waals surface area (Å²) in [7, 11) is 0. The standard InChI is InChI=1S/C14H18N2/c1-2-16-10-8-14(12-15,9-11-16)13-6-4-3-5-7-13/h3-7H,2,8-11H2,1H3. The summed E-state index contributed by atoms with van der Waals surface area (Å²) < 4.78 is 0. The van der Waals surface area contributed by atoms with Crippen molar-refractivity contribution in [2.45, 2.75) is 25.2 Å². The second-order valence-electron chi connectivity index (χ2n) is 4.49. The van der Waals surface area contributed by atoms with E-state index in [1.54, 1.807) is 0 Å². The van der Waals surface area contributed by atoms with Crippen LogP contribution in [0.25, 0.3) is 0 Å². The molecule has 0 aromatic heterocycles. The topological polar surface area (TPSA) is 27.0 Å². The Bertz CT molecular complexity index is 369. The second-order valence-corrected chi connectivity index (χ2v) is 4.49. The lowest BCUT2D eigenvalue weighted by atomic mass is 9.74. The van der Waals surface area contributed by atoms with E-state index in [0.29, 0.717) is 0 Å². The Labute approximate surface area is 97.5 Å². The largest absolute Gasteiger partial charge is 0.303 e. The van der Waals surface area contributed by atoms with E-state index in [4.69, 9.17) is 0 Å². The Kier molecular flexibility index (Phi) is 3.26. The van der Waals surface area contributed by atoms with E-state index in [1.807, 2.05) is 18.2 Å². The van der Waals surface area contributed by atoms with Gasteiger partial charge in [-0.15, -0.1) is 0 Å². The first-order valence-electron chi connectivity index (χ1n) is 6.00. The Morgan fingerprint density at radius 3 is 2.38 bits per heavy atom. The number of likely N-dealkylation sites (tertiary alicyclic amines) is 1. The molecule has 0 aliphatic carbocycles. The summed E-state index contributed by atoms with van der Waals surface area (Å²) in [5.74, 6) is 0. The molecule has 0 atom stereocenters. The monoisotopic (exact) mass is 214 g/mol. The maximum Gasteiger partial charge on any atom is 0.0846 e. The highest BCUT2D eigenvalue weighted by molar-refractivity contribution is 5.33. The van der Waals surface area contributed by atoms with Crippen LogP contribution >= 0.6 is 0 Å².